The molecule has 0 atom stereocenters. The number of amides is 1. The van der Waals surface area contributed by atoms with E-state index >= 15 is 0 Å². The van der Waals surface area contributed by atoms with E-state index in [0.29, 0.717) is 17.1 Å². The second kappa shape index (κ2) is 7.53. The fourth-order valence-electron chi connectivity index (χ4n) is 2.53. The molecule has 1 amide bonds. The smallest absolute Gasteiger partial charge is 0.412 e. The summed E-state index contributed by atoms with van der Waals surface area (Å²) in [5, 5.41) is 6.84. The first kappa shape index (κ1) is 18.5. The molecular formula is C21H22N2O4. The third-order valence-electron chi connectivity index (χ3n) is 3.71. The molecule has 0 spiro atoms. The first-order valence-electron chi connectivity index (χ1n) is 8.56. The van der Waals surface area contributed by atoms with Crippen LogP contribution in [0.5, 0.6) is 5.75 Å². The number of ether oxygens (including phenoxy) is 2. The van der Waals surface area contributed by atoms with E-state index in [1.54, 1.807) is 19.2 Å². The van der Waals surface area contributed by atoms with E-state index in [0.717, 1.165) is 16.9 Å². The highest BCUT2D eigenvalue weighted by Crippen LogP contribution is 2.32. The molecule has 0 aliphatic carbocycles. The van der Waals surface area contributed by atoms with Gasteiger partial charge < -0.3 is 14.0 Å². The molecule has 0 unspecified atom stereocenters. The van der Waals surface area contributed by atoms with Crippen molar-refractivity contribution in [2.24, 2.45) is 0 Å². The number of hydrogen-bond donors (Lipinski definition) is 1. The molecule has 3 rings (SSSR count). The number of anilines is 1. The number of para-hydroxylation sites is 1. The predicted molar refractivity (Wildman–Crippen MR) is 104 cm³/mol. The molecule has 1 N–H and O–H groups in total. The van der Waals surface area contributed by atoms with Crippen LogP contribution in [0.2, 0.25) is 0 Å². The number of benzene rings is 2. The molecule has 0 saturated carbocycles. The summed E-state index contributed by atoms with van der Waals surface area (Å²) in [4.78, 5) is 11.8. The Morgan fingerprint density at radius 3 is 2.44 bits per heavy atom. The van der Waals surface area contributed by atoms with Gasteiger partial charge in [-0.3, -0.25) is 5.32 Å². The predicted octanol–water partition coefficient (Wildman–Crippen LogP) is 5.36. The van der Waals surface area contributed by atoms with E-state index < -0.39 is 11.7 Å². The van der Waals surface area contributed by atoms with Gasteiger partial charge in [0.05, 0.1) is 12.7 Å². The first-order chi connectivity index (χ1) is 12.9. The lowest BCUT2D eigenvalue weighted by molar-refractivity contribution is 0.0636. The Balaban J connectivity index is 1.75. The summed E-state index contributed by atoms with van der Waals surface area (Å²) in [5.74, 6) is 1.34. The standard InChI is InChI=1S/C21H22N2O4/c1-21(2,3)26-20(24)22-15-11-9-14(10-12-15)17-13-19(27-23-17)16-7-5-6-8-18(16)25-4/h5-13H,1-4H3,(H,22,24). The largest absolute Gasteiger partial charge is 0.496 e. The van der Waals surface area contributed by atoms with Crippen LogP contribution in [0, 0.1) is 0 Å². The van der Waals surface area contributed by atoms with E-state index in [1.165, 1.54) is 0 Å². The Morgan fingerprint density at radius 2 is 1.78 bits per heavy atom. The first-order valence-corrected chi connectivity index (χ1v) is 8.56. The summed E-state index contributed by atoms with van der Waals surface area (Å²) < 4.78 is 16.1. The summed E-state index contributed by atoms with van der Waals surface area (Å²) >= 11 is 0. The zero-order valence-corrected chi connectivity index (χ0v) is 15.8. The summed E-state index contributed by atoms with van der Waals surface area (Å²) in [6, 6.07) is 16.7. The third-order valence-corrected chi connectivity index (χ3v) is 3.71. The Hall–Kier alpha value is -3.28. The Morgan fingerprint density at radius 1 is 1.07 bits per heavy atom. The fourth-order valence-corrected chi connectivity index (χ4v) is 2.53. The number of aromatic nitrogens is 1. The van der Waals surface area contributed by atoms with Gasteiger partial charge in [-0.1, -0.05) is 29.4 Å². The highest BCUT2D eigenvalue weighted by atomic mass is 16.6. The maximum atomic E-state index is 11.8. The molecule has 3 aromatic rings. The molecule has 0 fully saturated rings. The molecular weight excluding hydrogens is 344 g/mol. The lowest BCUT2D eigenvalue weighted by atomic mass is 10.1. The van der Waals surface area contributed by atoms with Crippen LogP contribution in [-0.2, 0) is 4.74 Å². The van der Waals surface area contributed by atoms with E-state index in [-0.39, 0.29) is 0 Å². The quantitative estimate of drug-likeness (QED) is 0.672. The molecule has 0 radical (unpaired) electrons. The maximum absolute atomic E-state index is 11.8. The number of nitrogens with one attached hydrogen (secondary N) is 1. The molecule has 1 heterocycles. The Bertz CT molecular complexity index is 924. The molecule has 0 saturated heterocycles. The van der Waals surface area contributed by atoms with Gasteiger partial charge in [0.15, 0.2) is 5.76 Å². The molecule has 0 bridgehead atoms. The monoisotopic (exact) mass is 366 g/mol. The number of nitrogens with zero attached hydrogens (tertiary/aromatic N) is 1. The Kier molecular flexibility index (Phi) is 5.16. The van der Waals surface area contributed by atoms with E-state index in [1.807, 2.05) is 63.2 Å². The summed E-state index contributed by atoms with van der Waals surface area (Å²) in [6.07, 6.45) is -0.491. The molecule has 6 heteroatoms. The minimum atomic E-state index is -0.542. The number of carbonyl (C=O) groups is 1. The summed E-state index contributed by atoms with van der Waals surface area (Å²) in [6.45, 7) is 5.46. The molecule has 27 heavy (non-hydrogen) atoms. The van der Waals surface area contributed by atoms with Crippen LogP contribution in [-0.4, -0.2) is 24.0 Å². The van der Waals surface area contributed by atoms with E-state index in [9.17, 15) is 4.79 Å². The average molecular weight is 366 g/mol. The molecule has 140 valence electrons. The van der Waals surface area contributed by atoms with Crippen molar-refractivity contribution < 1.29 is 18.8 Å². The van der Waals surface area contributed by atoms with Crippen molar-refractivity contribution in [3.8, 4) is 28.3 Å². The van der Waals surface area contributed by atoms with Crippen molar-refractivity contribution in [1.29, 1.82) is 0 Å². The van der Waals surface area contributed by atoms with Crippen molar-refractivity contribution in [3.63, 3.8) is 0 Å². The molecule has 0 aliphatic rings. The summed E-state index contributed by atoms with van der Waals surface area (Å²) in [5.41, 5.74) is 2.50. The molecule has 1 aromatic heterocycles. The van der Waals surface area contributed by atoms with Crippen molar-refractivity contribution in [2.45, 2.75) is 26.4 Å². The Labute approximate surface area is 158 Å². The number of rotatable bonds is 4. The van der Waals surface area contributed by atoms with Crippen molar-refractivity contribution in [2.75, 3.05) is 12.4 Å². The normalized spacial score (nSPS) is 11.1. The minimum absolute atomic E-state index is 0.491. The molecule has 0 aliphatic heterocycles. The van der Waals surface area contributed by atoms with Gasteiger partial charge in [-0.05, 0) is 45.0 Å². The maximum Gasteiger partial charge on any atom is 0.412 e. The van der Waals surface area contributed by atoms with Gasteiger partial charge in [-0.15, -0.1) is 0 Å². The average Bonchev–Trinajstić information content (AvgIpc) is 3.10. The third kappa shape index (κ3) is 4.67. The van der Waals surface area contributed by atoms with Crippen LogP contribution in [0.1, 0.15) is 20.8 Å². The topological polar surface area (TPSA) is 73.6 Å². The molecule has 2 aromatic carbocycles. The van der Waals surface area contributed by atoms with E-state index in [4.69, 9.17) is 14.0 Å². The highest BCUT2D eigenvalue weighted by Gasteiger charge is 2.16. The summed E-state index contributed by atoms with van der Waals surface area (Å²) in [7, 11) is 1.62. The number of methoxy groups -OCH3 is 1. The van der Waals surface area contributed by atoms with Gasteiger partial charge in [0, 0.05) is 17.3 Å². The van der Waals surface area contributed by atoms with Crippen LogP contribution in [0.25, 0.3) is 22.6 Å². The van der Waals surface area contributed by atoms with Crippen LogP contribution in [0.3, 0.4) is 0 Å². The van der Waals surface area contributed by atoms with Crippen molar-refractivity contribution in [1.82, 2.24) is 5.16 Å². The van der Waals surface area contributed by atoms with Crippen LogP contribution in [0.4, 0.5) is 10.5 Å². The zero-order chi connectivity index (χ0) is 19.4. The fraction of sp³-hybridized carbons (Fsp3) is 0.238. The van der Waals surface area contributed by atoms with Crippen molar-refractivity contribution in [3.05, 3.63) is 54.6 Å². The minimum Gasteiger partial charge on any atom is -0.496 e. The number of hydrogen-bond acceptors (Lipinski definition) is 5. The SMILES string of the molecule is COc1ccccc1-c1cc(-c2ccc(NC(=O)OC(C)(C)C)cc2)no1. The van der Waals surface area contributed by atoms with Gasteiger partial charge in [-0.2, -0.15) is 0 Å². The zero-order valence-electron chi connectivity index (χ0n) is 15.8. The van der Waals surface area contributed by atoms with Gasteiger partial charge in [0.1, 0.15) is 17.0 Å². The van der Waals surface area contributed by atoms with Crippen LogP contribution >= 0.6 is 0 Å². The van der Waals surface area contributed by atoms with Crippen LogP contribution < -0.4 is 10.1 Å². The van der Waals surface area contributed by atoms with Crippen LogP contribution in [0.15, 0.2) is 59.1 Å². The highest BCUT2D eigenvalue weighted by molar-refractivity contribution is 5.85. The second-order valence-electron chi connectivity index (χ2n) is 6.98. The van der Waals surface area contributed by atoms with Gasteiger partial charge in [0.2, 0.25) is 0 Å². The van der Waals surface area contributed by atoms with Gasteiger partial charge in [0.25, 0.3) is 0 Å². The molecule has 6 nitrogen and oxygen atoms in total. The van der Waals surface area contributed by atoms with Gasteiger partial charge in [-0.25, -0.2) is 4.79 Å². The van der Waals surface area contributed by atoms with E-state index in [2.05, 4.69) is 10.5 Å². The lowest BCUT2D eigenvalue weighted by Crippen LogP contribution is -2.27. The van der Waals surface area contributed by atoms with Crippen molar-refractivity contribution >= 4 is 11.8 Å². The van der Waals surface area contributed by atoms with Gasteiger partial charge >= 0.3 is 6.09 Å². The number of carbonyl (C=O) groups excluding carboxylic acids is 1. The second-order valence-corrected chi connectivity index (χ2v) is 6.98. The lowest BCUT2D eigenvalue weighted by Gasteiger charge is -2.19.